The van der Waals surface area contributed by atoms with Gasteiger partial charge in [-0.05, 0) is 12.1 Å². The van der Waals surface area contributed by atoms with Crippen molar-refractivity contribution in [3.63, 3.8) is 0 Å². The molecule has 0 atom stereocenters. The number of aromatic nitrogens is 1. The minimum Gasteiger partial charge on any atom is -0.334 e. The number of hydrogen-bond donors (Lipinski definition) is 1. The van der Waals surface area contributed by atoms with E-state index in [1.807, 2.05) is 24.3 Å². The molecule has 0 saturated carbocycles. The molecule has 2 aromatic rings. The van der Waals surface area contributed by atoms with E-state index in [0.717, 1.165) is 10.9 Å². The van der Waals surface area contributed by atoms with Gasteiger partial charge in [-0.15, -0.1) is 6.58 Å². The highest BCUT2D eigenvalue weighted by Gasteiger charge is 2.06. The number of hydrogen-bond acceptors (Lipinski definition) is 1. The summed E-state index contributed by atoms with van der Waals surface area (Å²) >= 11 is 0. The van der Waals surface area contributed by atoms with E-state index in [4.69, 9.17) is 0 Å². The number of nitrogens with one attached hydrogen (secondary N) is 1. The molecule has 1 N–H and O–H groups in total. The van der Waals surface area contributed by atoms with Gasteiger partial charge in [0.15, 0.2) is 0 Å². The van der Waals surface area contributed by atoms with Crippen molar-refractivity contribution in [1.82, 2.24) is 9.88 Å². The van der Waals surface area contributed by atoms with Crippen LogP contribution in [0.25, 0.3) is 10.9 Å². The lowest BCUT2D eigenvalue weighted by Crippen LogP contribution is -2.27. The van der Waals surface area contributed by atoms with Gasteiger partial charge in [0.25, 0.3) is 0 Å². The van der Waals surface area contributed by atoms with Crippen LogP contribution in [-0.2, 0) is 0 Å². The van der Waals surface area contributed by atoms with Crippen LogP contribution in [0.2, 0.25) is 0 Å². The summed E-state index contributed by atoms with van der Waals surface area (Å²) in [5.41, 5.74) is 0.860. The number of amides is 1. The predicted octanol–water partition coefficient (Wildman–Crippen LogP) is 2.19. The highest BCUT2D eigenvalue weighted by atomic mass is 16.2. The maximum absolute atomic E-state index is 11.7. The Morgan fingerprint density at radius 2 is 2.33 bits per heavy atom. The lowest BCUT2D eigenvalue weighted by Gasteiger charge is -2.03. The van der Waals surface area contributed by atoms with Crippen LogP contribution in [0.5, 0.6) is 0 Å². The van der Waals surface area contributed by atoms with Gasteiger partial charge in [-0.1, -0.05) is 24.3 Å². The number of fused-ring (bicyclic) bond motifs is 1. The molecule has 3 heteroatoms. The topological polar surface area (TPSA) is 34.0 Å². The summed E-state index contributed by atoms with van der Waals surface area (Å²) in [6, 6.07) is 9.28. The van der Waals surface area contributed by atoms with Crippen LogP contribution >= 0.6 is 0 Å². The molecule has 0 aliphatic heterocycles. The van der Waals surface area contributed by atoms with Crippen LogP contribution in [0, 0.1) is 6.20 Å². The van der Waals surface area contributed by atoms with E-state index < -0.39 is 0 Å². The Kier molecular flexibility index (Phi) is 2.54. The smallest absolute Gasteiger partial charge is 0.326 e. The van der Waals surface area contributed by atoms with Crippen LogP contribution in [0.1, 0.15) is 0 Å². The van der Waals surface area contributed by atoms with Crippen LogP contribution in [0.3, 0.4) is 0 Å². The van der Waals surface area contributed by atoms with Crippen LogP contribution < -0.4 is 5.32 Å². The van der Waals surface area contributed by atoms with E-state index >= 15 is 0 Å². The number of benzene rings is 1. The zero-order valence-electron chi connectivity index (χ0n) is 8.23. The highest BCUT2D eigenvalue weighted by molar-refractivity contribution is 5.91. The zero-order chi connectivity index (χ0) is 10.7. The molecular weight excluding hydrogens is 188 g/mol. The Bertz CT molecular complexity index is 499. The minimum atomic E-state index is -0.184. The summed E-state index contributed by atoms with van der Waals surface area (Å²) in [5, 5.41) is 3.71. The second-order valence-electron chi connectivity index (χ2n) is 3.14. The van der Waals surface area contributed by atoms with Crippen molar-refractivity contribution in [1.29, 1.82) is 0 Å². The van der Waals surface area contributed by atoms with Crippen LogP contribution in [0.15, 0.2) is 43.0 Å². The molecule has 1 amide bonds. The number of carbonyl (C=O) groups is 1. The summed E-state index contributed by atoms with van der Waals surface area (Å²) < 4.78 is 1.47. The second-order valence-corrected chi connectivity index (χ2v) is 3.14. The molecule has 0 bridgehead atoms. The van der Waals surface area contributed by atoms with E-state index in [1.54, 1.807) is 12.1 Å². The zero-order valence-corrected chi connectivity index (χ0v) is 8.23. The van der Waals surface area contributed by atoms with Gasteiger partial charge < -0.3 is 5.32 Å². The van der Waals surface area contributed by atoms with Crippen molar-refractivity contribution in [2.75, 3.05) is 6.54 Å². The largest absolute Gasteiger partial charge is 0.334 e. The molecular formula is C12H11N2O. The fraction of sp³-hybridized carbons (Fsp3) is 0.0833. The standard InChI is InChI=1S/C12H11N2O/c1-2-8-13-12(15)14-9-7-10-5-3-4-6-11(10)14/h2-7H,1,8H2,(H,13,15). The molecule has 0 saturated heterocycles. The molecule has 3 nitrogen and oxygen atoms in total. The molecule has 1 aromatic heterocycles. The monoisotopic (exact) mass is 199 g/mol. The third-order valence-electron chi connectivity index (χ3n) is 2.13. The lowest BCUT2D eigenvalue weighted by atomic mass is 10.2. The molecule has 1 aromatic carbocycles. The van der Waals surface area contributed by atoms with E-state index in [9.17, 15) is 4.79 Å². The molecule has 0 aliphatic rings. The second kappa shape index (κ2) is 4.00. The first-order chi connectivity index (χ1) is 7.33. The minimum absolute atomic E-state index is 0.184. The van der Waals surface area contributed by atoms with Crippen molar-refractivity contribution < 1.29 is 4.79 Å². The van der Waals surface area contributed by atoms with Gasteiger partial charge in [0, 0.05) is 11.9 Å². The van der Waals surface area contributed by atoms with Crippen molar-refractivity contribution in [2.24, 2.45) is 0 Å². The van der Waals surface area contributed by atoms with Gasteiger partial charge in [-0.2, -0.15) is 0 Å². The molecule has 0 aliphatic carbocycles. The third kappa shape index (κ3) is 1.76. The van der Waals surface area contributed by atoms with Crippen LogP contribution in [0.4, 0.5) is 4.79 Å². The fourth-order valence-electron chi connectivity index (χ4n) is 1.42. The average molecular weight is 199 g/mol. The van der Waals surface area contributed by atoms with Crippen molar-refractivity contribution in [2.45, 2.75) is 0 Å². The van der Waals surface area contributed by atoms with Gasteiger partial charge in [0.2, 0.25) is 0 Å². The first-order valence-electron chi connectivity index (χ1n) is 4.70. The molecule has 1 radical (unpaired) electrons. The fourth-order valence-corrected chi connectivity index (χ4v) is 1.42. The van der Waals surface area contributed by atoms with Crippen molar-refractivity contribution >= 4 is 16.9 Å². The predicted molar refractivity (Wildman–Crippen MR) is 59.8 cm³/mol. The molecule has 15 heavy (non-hydrogen) atoms. The molecule has 2 rings (SSSR count). The van der Waals surface area contributed by atoms with E-state index in [2.05, 4.69) is 18.1 Å². The maximum atomic E-state index is 11.7. The van der Waals surface area contributed by atoms with E-state index in [1.165, 1.54) is 4.57 Å². The van der Waals surface area contributed by atoms with Gasteiger partial charge in [0.1, 0.15) is 0 Å². The number of para-hydroxylation sites is 1. The third-order valence-corrected chi connectivity index (χ3v) is 2.13. The summed E-state index contributed by atoms with van der Waals surface area (Å²) in [6.07, 6.45) is 4.54. The van der Waals surface area contributed by atoms with Gasteiger partial charge >= 0.3 is 6.03 Å². The van der Waals surface area contributed by atoms with Gasteiger partial charge in [-0.3, -0.25) is 4.57 Å². The molecule has 0 fully saturated rings. The first kappa shape index (κ1) is 9.52. The number of carbonyl (C=O) groups excluding carboxylic acids is 1. The normalized spacial score (nSPS) is 10.1. The Labute approximate surface area is 88.0 Å². The molecule has 75 valence electrons. The number of nitrogens with zero attached hydrogens (tertiary/aromatic N) is 1. The summed E-state index contributed by atoms with van der Waals surface area (Å²) in [5.74, 6) is 0. The maximum Gasteiger partial charge on any atom is 0.326 e. The van der Waals surface area contributed by atoms with Crippen LogP contribution in [-0.4, -0.2) is 17.1 Å². The average Bonchev–Trinajstić information content (AvgIpc) is 2.69. The van der Waals surface area contributed by atoms with Crippen molar-refractivity contribution in [3.05, 3.63) is 49.2 Å². The Morgan fingerprint density at radius 3 is 3.13 bits per heavy atom. The Balaban J connectivity index is 2.35. The molecule has 1 heterocycles. The van der Waals surface area contributed by atoms with E-state index in [-0.39, 0.29) is 6.03 Å². The SMILES string of the molecule is C=CCNC(=O)n1[c]cc2ccccc21. The van der Waals surface area contributed by atoms with Gasteiger partial charge in [-0.25, -0.2) is 4.79 Å². The first-order valence-corrected chi connectivity index (χ1v) is 4.70. The number of rotatable bonds is 2. The quantitative estimate of drug-likeness (QED) is 0.739. The summed E-state index contributed by atoms with van der Waals surface area (Å²) in [4.78, 5) is 11.7. The van der Waals surface area contributed by atoms with Crippen molar-refractivity contribution in [3.8, 4) is 0 Å². The van der Waals surface area contributed by atoms with Gasteiger partial charge in [0.05, 0.1) is 11.7 Å². The highest BCUT2D eigenvalue weighted by Crippen LogP contribution is 2.13. The summed E-state index contributed by atoms with van der Waals surface area (Å²) in [6.45, 7) is 4.00. The summed E-state index contributed by atoms with van der Waals surface area (Å²) in [7, 11) is 0. The lowest BCUT2D eigenvalue weighted by molar-refractivity contribution is 0.244. The molecule has 0 unspecified atom stereocenters. The van der Waals surface area contributed by atoms with E-state index in [0.29, 0.717) is 6.54 Å². The Hall–Kier alpha value is -2.03. The molecule has 0 spiro atoms. The Morgan fingerprint density at radius 1 is 1.53 bits per heavy atom.